The molecule has 9 nitrogen and oxygen atoms in total. The molecule has 36 heavy (non-hydrogen) atoms. The Kier molecular flexibility index (Phi) is 7.77. The van der Waals surface area contributed by atoms with Crippen molar-refractivity contribution in [3.8, 4) is 5.75 Å². The largest absolute Gasteiger partial charge is 0.488 e. The molecular formula is C24H29N5O4S3. The molecule has 2 atom stereocenters. The Morgan fingerprint density at radius 2 is 2.11 bits per heavy atom. The van der Waals surface area contributed by atoms with Crippen LogP contribution in [0.3, 0.4) is 0 Å². The first-order valence-corrected chi connectivity index (χ1v) is 15.3. The molecule has 0 saturated carbocycles. The van der Waals surface area contributed by atoms with Crippen LogP contribution in [0.2, 0.25) is 0 Å². The fraction of sp³-hybridized carbons (Fsp3) is 0.417. The smallest absolute Gasteiger partial charge is 0.279 e. The lowest BCUT2D eigenvalue weighted by Gasteiger charge is -2.28. The first kappa shape index (κ1) is 25.4. The quantitative estimate of drug-likeness (QED) is 0.374. The van der Waals surface area contributed by atoms with E-state index in [1.165, 1.54) is 23.8 Å². The number of thioether (sulfide) groups is 2. The molecular weight excluding hydrogens is 518 g/mol. The monoisotopic (exact) mass is 547 g/mol. The zero-order valence-corrected chi connectivity index (χ0v) is 22.3. The van der Waals surface area contributed by atoms with E-state index in [0.29, 0.717) is 22.2 Å². The molecule has 3 N–H and O–H groups in total. The van der Waals surface area contributed by atoms with Crippen LogP contribution in [0.5, 0.6) is 5.75 Å². The zero-order chi connectivity index (χ0) is 25.1. The van der Waals surface area contributed by atoms with Crippen LogP contribution in [0.15, 0.2) is 52.6 Å². The summed E-state index contributed by atoms with van der Waals surface area (Å²) in [5, 5.41) is 11.5. The van der Waals surface area contributed by atoms with Gasteiger partial charge in [-0.3, -0.25) is 9.71 Å². The predicted molar refractivity (Wildman–Crippen MR) is 147 cm³/mol. The number of fused-ring (bicyclic) bond motifs is 1. The topological polar surface area (TPSA) is 120 Å². The number of aromatic amines is 1. The molecule has 2 aromatic heterocycles. The van der Waals surface area contributed by atoms with Gasteiger partial charge in [0, 0.05) is 54.0 Å². The number of rotatable bonds is 9. The molecule has 5 rings (SSSR count). The van der Waals surface area contributed by atoms with Gasteiger partial charge in [-0.05, 0) is 31.2 Å². The molecule has 0 aliphatic carbocycles. The van der Waals surface area contributed by atoms with Crippen LogP contribution in [0.25, 0.3) is 10.9 Å². The highest BCUT2D eigenvalue weighted by Gasteiger charge is 2.26. The Labute approximate surface area is 219 Å². The normalized spacial score (nSPS) is 19.8. The number of benzene rings is 1. The summed E-state index contributed by atoms with van der Waals surface area (Å²) in [4.78, 5) is 14.7. The third kappa shape index (κ3) is 5.83. The summed E-state index contributed by atoms with van der Waals surface area (Å²) in [5.74, 6) is 2.82. The summed E-state index contributed by atoms with van der Waals surface area (Å²) >= 11 is 3.77. The number of nitrogens with one attached hydrogen (secondary N) is 2. The molecule has 1 fully saturated rings. The summed E-state index contributed by atoms with van der Waals surface area (Å²) in [6.07, 6.45) is 0.998. The lowest BCUT2D eigenvalue weighted by atomic mass is 10.2. The van der Waals surface area contributed by atoms with E-state index >= 15 is 0 Å². The number of aromatic nitrogens is 2. The van der Waals surface area contributed by atoms with Gasteiger partial charge < -0.3 is 19.7 Å². The van der Waals surface area contributed by atoms with E-state index in [1.807, 2.05) is 23.9 Å². The number of hydrogen-bond donors (Lipinski definition) is 3. The second kappa shape index (κ2) is 11.0. The number of H-pyrrole nitrogens is 1. The van der Waals surface area contributed by atoms with Crippen LogP contribution in [0.4, 0.5) is 5.69 Å². The number of nitrogens with zero attached hydrogens (tertiary/aromatic N) is 3. The SMILES string of the molecule is C[C@@H](CO)Oc1cc(NS(=O)(=O)c2ccccn2)c2[nH]c(C3=NCC(CN4CCSCC4)S3)cc2c1. The molecule has 0 bridgehead atoms. The fourth-order valence-electron chi connectivity index (χ4n) is 4.19. The molecule has 0 spiro atoms. The van der Waals surface area contributed by atoms with Crippen LogP contribution in [-0.2, 0) is 10.0 Å². The van der Waals surface area contributed by atoms with Gasteiger partial charge in [-0.25, -0.2) is 4.98 Å². The summed E-state index contributed by atoms with van der Waals surface area (Å²) in [5.41, 5.74) is 1.82. The molecule has 2 aliphatic heterocycles. The van der Waals surface area contributed by atoms with Crippen molar-refractivity contribution in [2.75, 3.05) is 49.0 Å². The maximum atomic E-state index is 13.0. The summed E-state index contributed by atoms with van der Waals surface area (Å²) in [6.45, 7) is 5.62. The molecule has 1 saturated heterocycles. The van der Waals surface area contributed by atoms with E-state index < -0.39 is 16.1 Å². The van der Waals surface area contributed by atoms with E-state index in [4.69, 9.17) is 9.73 Å². The first-order chi connectivity index (χ1) is 17.4. The third-order valence-electron chi connectivity index (χ3n) is 5.97. The van der Waals surface area contributed by atoms with Crippen molar-refractivity contribution in [3.05, 3.63) is 48.3 Å². The van der Waals surface area contributed by atoms with Crippen LogP contribution >= 0.6 is 23.5 Å². The van der Waals surface area contributed by atoms with Gasteiger partial charge >= 0.3 is 0 Å². The van der Waals surface area contributed by atoms with Crippen LogP contribution in [-0.4, -0.2) is 89.1 Å². The molecule has 2 aliphatic rings. The Hall–Kier alpha value is -2.25. The lowest BCUT2D eigenvalue weighted by molar-refractivity contribution is 0.130. The van der Waals surface area contributed by atoms with Crippen molar-refractivity contribution >= 4 is 55.2 Å². The number of pyridine rings is 1. The summed E-state index contributed by atoms with van der Waals surface area (Å²) in [6, 6.07) is 10.2. The maximum Gasteiger partial charge on any atom is 0.279 e. The van der Waals surface area contributed by atoms with Crippen molar-refractivity contribution in [1.29, 1.82) is 0 Å². The molecule has 3 aromatic rings. The number of aliphatic hydroxyl groups is 1. The van der Waals surface area contributed by atoms with Gasteiger partial charge in [-0.15, -0.1) is 0 Å². The van der Waals surface area contributed by atoms with Crippen molar-refractivity contribution in [2.45, 2.75) is 23.3 Å². The van der Waals surface area contributed by atoms with E-state index in [9.17, 15) is 13.5 Å². The van der Waals surface area contributed by atoms with Crippen molar-refractivity contribution in [3.63, 3.8) is 0 Å². The summed E-state index contributed by atoms with van der Waals surface area (Å²) < 4.78 is 34.5. The van der Waals surface area contributed by atoms with Crippen LogP contribution in [0.1, 0.15) is 12.6 Å². The van der Waals surface area contributed by atoms with Gasteiger partial charge in [0.15, 0.2) is 5.03 Å². The second-order valence-electron chi connectivity index (χ2n) is 8.80. The number of aliphatic hydroxyl groups excluding tert-OH is 1. The van der Waals surface area contributed by atoms with Gasteiger partial charge in [0.25, 0.3) is 10.0 Å². The number of ether oxygens (including phenoxy) is 1. The number of sulfonamides is 1. The van der Waals surface area contributed by atoms with Crippen molar-refractivity contribution in [2.24, 2.45) is 4.99 Å². The van der Waals surface area contributed by atoms with Gasteiger partial charge in [0.1, 0.15) is 16.9 Å². The number of aliphatic imine (C=N–C) groups is 1. The third-order valence-corrected chi connectivity index (χ3v) is 9.39. The van der Waals surface area contributed by atoms with Crippen molar-refractivity contribution < 1.29 is 18.3 Å². The minimum atomic E-state index is -3.92. The molecule has 0 radical (unpaired) electrons. The molecule has 192 valence electrons. The molecule has 12 heteroatoms. The highest BCUT2D eigenvalue weighted by molar-refractivity contribution is 8.15. The molecule has 1 unspecified atom stereocenters. The second-order valence-corrected chi connectivity index (χ2v) is 12.9. The highest BCUT2D eigenvalue weighted by atomic mass is 32.2. The van der Waals surface area contributed by atoms with E-state index in [2.05, 4.69) is 19.6 Å². The Bertz CT molecular complexity index is 1340. The average Bonchev–Trinajstić information content (AvgIpc) is 3.52. The minimum Gasteiger partial charge on any atom is -0.488 e. The van der Waals surface area contributed by atoms with Gasteiger partial charge in [-0.1, -0.05) is 17.8 Å². The van der Waals surface area contributed by atoms with E-state index in [-0.39, 0.29) is 11.6 Å². The Balaban J connectivity index is 1.42. The molecule has 0 amide bonds. The zero-order valence-electron chi connectivity index (χ0n) is 19.9. The highest BCUT2D eigenvalue weighted by Crippen LogP contribution is 2.34. The molecule has 4 heterocycles. The Morgan fingerprint density at radius 3 is 2.86 bits per heavy atom. The van der Waals surface area contributed by atoms with Crippen LogP contribution < -0.4 is 9.46 Å². The maximum absolute atomic E-state index is 13.0. The number of anilines is 1. The van der Waals surface area contributed by atoms with Crippen molar-refractivity contribution in [1.82, 2.24) is 14.9 Å². The Morgan fingerprint density at radius 1 is 1.28 bits per heavy atom. The van der Waals surface area contributed by atoms with E-state index in [1.54, 1.807) is 36.9 Å². The minimum absolute atomic E-state index is 0.0744. The first-order valence-electron chi connectivity index (χ1n) is 11.8. The molecule has 1 aromatic carbocycles. The standard InChI is InChI=1S/C24H29N5O4S3/c1-16(15-30)33-18-10-17-11-21(24-26-13-19(35-24)14-29-6-8-34-9-7-29)27-23(17)20(12-18)28-36(31,32)22-4-2-3-5-25-22/h2-5,10-12,16,19,27-28,30H,6-9,13-15H2,1H3/t16-,19?/m0/s1. The summed E-state index contributed by atoms with van der Waals surface area (Å²) in [7, 11) is -3.92. The van der Waals surface area contributed by atoms with Gasteiger partial charge in [0.2, 0.25) is 0 Å². The number of hydrogen-bond acceptors (Lipinski definition) is 9. The lowest BCUT2D eigenvalue weighted by Crippen LogP contribution is -2.37. The van der Waals surface area contributed by atoms with Gasteiger partial charge in [-0.2, -0.15) is 20.2 Å². The average molecular weight is 548 g/mol. The van der Waals surface area contributed by atoms with Crippen LogP contribution in [0, 0.1) is 0 Å². The predicted octanol–water partition coefficient (Wildman–Crippen LogP) is 3.03. The van der Waals surface area contributed by atoms with E-state index in [0.717, 1.165) is 42.3 Å². The van der Waals surface area contributed by atoms with Gasteiger partial charge in [0.05, 0.1) is 30.0 Å². The fourth-order valence-corrected chi connectivity index (χ4v) is 7.31.